The summed E-state index contributed by atoms with van der Waals surface area (Å²) < 4.78 is 0. The number of hydrogen-bond acceptors (Lipinski definition) is 3. The Bertz CT molecular complexity index is 991. The molecule has 3 aromatic rings. The summed E-state index contributed by atoms with van der Waals surface area (Å²) >= 11 is 0. The van der Waals surface area contributed by atoms with E-state index < -0.39 is 0 Å². The summed E-state index contributed by atoms with van der Waals surface area (Å²) in [5, 5.41) is 7.57. The highest BCUT2D eigenvalue weighted by Crippen LogP contribution is 2.26. The minimum atomic E-state index is 0.0491. The van der Waals surface area contributed by atoms with Crippen molar-refractivity contribution in [3.63, 3.8) is 0 Å². The lowest BCUT2D eigenvalue weighted by Gasteiger charge is -2.38. The van der Waals surface area contributed by atoms with Gasteiger partial charge in [0.1, 0.15) is 5.69 Å². The second-order valence-corrected chi connectivity index (χ2v) is 8.78. The Morgan fingerprint density at radius 1 is 1.06 bits per heavy atom. The maximum absolute atomic E-state index is 13.8. The summed E-state index contributed by atoms with van der Waals surface area (Å²) in [5.74, 6) is 0.0491. The van der Waals surface area contributed by atoms with Gasteiger partial charge in [0, 0.05) is 36.8 Å². The molecule has 4 rings (SSSR count). The van der Waals surface area contributed by atoms with Gasteiger partial charge in [0.15, 0.2) is 0 Å². The van der Waals surface area contributed by atoms with Crippen LogP contribution in [0.25, 0.3) is 11.3 Å². The van der Waals surface area contributed by atoms with Gasteiger partial charge in [-0.3, -0.25) is 9.89 Å². The van der Waals surface area contributed by atoms with E-state index in [1.54, 1.807) is 0 Å². The molecule has 0 saturated carbocycles. The number of unbranched alkanes of at least 4 members (excludes halogenated alkanes) is 1. The van der Waals surface area contributed by atoms with E-state index in [1.165, 1.54) is 12.8 Å². The zero-order valence-corrected chi connectivity index (χ0v) is 19.3. The van der Waals surface area contributed by atoms with Crippen molar-refractivity contribution in [3.05, 3.63) is 77.5 Å². The third kappa shape index (κ3) is 5.10. The van der Waals surface area contributed by atoms with Crippen molar-refractivity contribution in [3.8, 4) is 11.3 Å². The fourth-order valence-corrected chi connectivity index (χ4v) is 4.61. The van der Waals surface area contributed by atoms with Crippen LogP contribution in [-0.4, -0.2) is 51.6 Å². The molecule has 5 heteroatoms. The molecule has 1 saturated heterocycles. The fourth-order valence-electron chi connectivity index (χ4n) is 4.61. The molecule has 0 unspecified atom stereocenters. The molecule has 32 heavy (non-hydrogen) atoms. The Kier molecular flexibility index (Phi) is 7.38. The molecule has 1 amide bonds. The molecule has 1 aliphatic heterocycles. The van der Waals surface area contributed by atoms with Gasteiger partial charge in [-0.05, 0) is 38.3 Å². The lowest BCUT2D eigenvalue weighted by molar-refractivity contribution is 0.0542. The molecule has 168 valence electrons. The van der Waals surface area contributed by atoms with Gasteiger partial charge in [-0.25, -0.2) is 0 Å². The van der Waals surface area contributed by atoms with Crippen LogP contribution in [0.3, 0.4) is 0 Å². The monoisotopic (exact) mass is 430 g/mol. The number of carbonyl (C=O) groups excluding carboxylic acids is 1. The lowest BCUT2D eigenvalue weighted by Crippen LogP contribution is -2.47. The Balaban J connectivity index is 1.56. The topological polar surface area (TPSA) is 52.2 Å². The van der Waals surface area contributed by atoms with Crippen molar-refractivity contribution >= 4 is 5.91 Å². The third-order valence-electron chi connectivity index (χ3n) is 6.55. The van der Waals surface area contributed by atoms with Crippen LogP contribution in [0.1, 0.15) is 54.2 Å². The Hall–Kier alpha value is -2.92. The number of piperidine rings is 1. The summed E-state index contributed by atoms with van der Waals surface area (Å²) in [6, 6.07) is 20.6. The van der Waals surface area contributed by atoms with Gasteiger partial charge in [-0.2, -0.15) is 5.10 Å². The number of nitrogens with zero attached hydrogens (tertiary/aromatic N) is 3. The van der Waals surface area contributed by atoms with Gasteiger partial charge < -0.3 is 9.80 Å². The van der Waals surface area contributed by atoms with Gasteiger partial charge in [0.25, 0.3) is 5.91 Å². The number of amides is 1. The van der Waals surface area contributed by atoms with Crippen LogP contribution in [0, 0.1) is 6.92 Å². The average molecular weight is 431 g/mol. The van der Waals surface area contributed by atoms with Crippen LogP contribution in [-0.2, 0) is 6.54 Å². The first-order chi connectivity index (χ1) is 15.7. The quantitative estimate of drug-likeness (QED) is 0.528. The molecule has 1 fully saturated rings. The van der Waals surface area contributed by atoms with Crippen molar-refractivity contribution in [1.82, 2.24) is 20.0 Å². The first kappa shape index (κ1) is 22.3. The van der Waals surface area contributed by atoms with Crippen LogP contribution in [0.2, 0.25) is 0 Å². The van der Waals surface area contributed by atoms with Gasteiger partial charge >= 0.3 is 0 Å². The van der Waals surface area contributed by atoms with E-state index in [9.17, 15) is 4.79 Å². The number of H-pyrrole nitrogens is 1. The van der Waals surface area contributed by atoms with Crippen molar-refractivity contribution in [2.45, 2.75) is 52.1 Å². The third-order valence-corrected chi connectivity index (χ3v) is 6.55. The van der Waals surface area contributed by atoms with Crippen molar-refractivity contribution < 1.29 is 4.79 Å². The number of nitrogens with one attached hydrogen (secondary N) is 1. The smallest absolute Gasteiger partial charge is 0.272 e. The second-order valence-electron chi connectivity index (χ2n) is 8.78. The number of likely N-dealkylation sites (tertiary alicyclic amines) is 1. The van der Waals surface area contributed by atoms with E-state index >= 15 is 0 Å². The number of carbonyl (C=O) groups is 1. The highest BCUT2D eigenvalue weighted by Gasteiger charge is 2.30. The molecule has 0 atom stereocenters. The summed E-state index contributed by atoms with van der Waals surface area (Å²) in [5.41, 5.74) is 4.56. The second kappa shape index (κ2) is 10.6. The number of rotatable bonds is 8. The lowest BCUT2D eigenvalue weighted by atomic mass is 10.00. The number of aromatic amines is 1. The van der Waals surface area contributed by atoms with Gasteiger partial charge in [0.05, 0.1) is 5.69 Å². The van der Waals surface area contributed by atoms with E-state index in [1.807, 2.05) is 55.5 Å². The zero-order valence-electron chi connectivity index (χ0n) is 19.3. The predicted octanol–water partition coefficient (Wildman–Crippen LogP) is 5.29. The molecular weight excluding hydrogens is 396 g/mol. The molecular formula is C27H34N4O. The summed E-state index contributed by atoms with van der Waals surface area (Å²) in [4.78, 5) is 18.4. The normalized spacial score (nSPS) is 15.1. The van der Waals surface area contributed by atoms with Crippen LogP contribution in [0.4, 0.5) is 0 Å². The largest absolute Gasteiger partial charge is 0.330 e. The molecule has 1 N–H and O–H groups in total. The average Bonchev–Trinajstić information content (AvgIpc) is 3.23. The molecule has 1 aromatic heterocycles. The minimum Gasteiger partial charge on any atom is -0.330 e. The summed E-state index contributed by atoms with van der Waals surface area (Å²) in [6.45, 7) is 8.13. The predicted molar refractivity (Wildman–Crippen MR) is 129 cm³/mol. The molecule has 0 aliphatic carbocycles. The van der Waals surface area contributed by atoms with Gasteiger partial charge in [0.2, 0.25) is 0 Å². The van der Waals surface area contributed by atoms with E-state index in [2.05, 4.69) is 39.1 Å². The standard InChI is InChI=1S/C27H34N4O/c1-3-4-17-30-18-15-24(16-19-30)31(20-22-11-7-5-8-12-22)27(32)26-21(2)25(28-29-26)23-13-9-6-10-14-23/h5-14,24H,3-4,15-20H2,1-2H3,(H,28,29). The molecule has 1 aliphatic rings. The fraction of sp³-hybridized carbons (Fsp3) is 0.407. The van der Waals surface area contributed by atoms with E-state index in [0.717, 1.165) is 54.9 Å². The SMILES string of the molecule is CCCCN1CCC(N(Cc2ccccc2)C(=O)c2[nH]nc(-c3ccccc3)c2C)CC1. The van der Waals surface area contributed by atoms with Crippen molar-refractivity contribution in [2.75, 3.05) is 19.6 Å². The van der Waals surface area contributed by atoms with Crippen LogP contribution in [0.15, 0.2) is 60.7 Å². The molecule has 0 spiro atoms. The summed E-state index contributed by atoms with van der Waals surface area (Å²) in [6.07, 6.45) is 4.50. The Morgan fingerprint density at radius 3 is 2.38 bits per heavy atom. The Morgan fingerprint density at radius 2 is 1.72 bits per heavy atom. The number of hydrogen-bond donors (Lipinski definition) is 1. The number of aromatic nitrogens is 2. The van der Waals surface area contributed by atoms with Crippen LogP contribution in [0.5, 0.6) is 0 Å². The summed E-state index contributed by atoms with van der Waals surface area (Å²) in [7, 11) is 0. The van der Waals surface area contributed by atoms with Crippen molar-refractivity contribution in [1.29, 1.82) is 0 Å². The van der Waals surface area contributed by atoms with E-state index in [-0.39, 0.29) is 11.9 Å². The van der Waals surface area contributed by atoms with Crippen LogP contribution >= 0.6 is 0 Å². The number of benzene rings is 2. The first-order valence-corrected chi connectivity index (χ1v) is 11.8. The first-order valence-electron chi connectivity index (χ1n) is 11.8. The highest BCUT2D eigenvalue weighted by atomic mass is 16.2. The highest BCUT2D eigenvalue weighted by molar-refractivity contribution is 5.95. The maximum atomic E-state index is 13.8. The van der Waals surface area contributed by atoms with Gasteiger partial charge in [-0.15, -0.1) is 0 Å². The molecule has 0 radical (unpaired) electrons. The maximum Gasteiger partial charge on any atom is 0.272 e. The molecule has 2 heterocycles. The zero-order chi connectivity index (χ0) is 22.3. The molecule has 5 nitrogen and oxygen atoms in total. The van der Waals surface area contributed by atoms with E-state index in [0.29, 0.717) is 12.2 Å². The molecule has 2 aromatic carbocycles. The van der Waals surface area contributed by atoms with Gasteiger partial charge in [-0.1, -0.05) is 74.0 Å². The Labute approximate surface area is 191 Å². The minimum absolute atomic E-state index is 0.0491. The van der Waals surface area contributed by atoms with Crippen molar-refractivity contribution in [2.24, 2.45) is 0 Å². The van der Waals surface area contributed by atoms with E-state index in [4.69, 9.17) is 0 Å². The van der Waals surface area contributed by atoms with Crippen LogP contribution < -0.4 is 0 Å². The molecule has 0 bridgehead atoms.